The lowest BCUT2D eigenvalue weighted by Gasteiger charge is -2.00. The monoisotopic (exact) mass is 333 g/mol. The summed E-state index contributed by atoms with van der Waals surface area (Å²) in [7, 11) is 0. The highest BCUT2D eigenvalue weighted by molar-refractivity contribution is 9.11. The van der Waals surface area contributed by atoms with Crippen LogP contribution < -0.4 is 0 Å². The summed E-state index contributed by atoms with van der Waals surface area (Å²) in [5.41, 5.74) is 0.645. The molecule has 0 saturated carbocycles. The van der Waals surface area contributed by atoms with Crippen LogP contribution in [0.5, 0.6) is 0 Å². The highest BCUT2D eigenvalue weighted by Crippen LogP contribution is 2.25. The van der Waals surface area contributed by atoms with E-state index in [1.54, 1.807) is 6.20 Å². The first-order valence-corrected chi connectivity index (χ1v) is 7.30. The molecule has 0 aliphatic rings. The molecule has 5 nitrogen and oxygen atoms in total. The third kappa shape index (κ3) is 3.62. The fraction of sp³-hybridized carbons (Fsp3) is 0.333. The van der Waals surface area contributed by atoms with Gasteiger partial charge in [-0.05, 0) is 15.9 Å². The molecule has 0 fully saturated rings. The molecule has 0 aliphatic carbocycles. The molecule has 8 heteroatoms. The van der Waals surface area contributed by atoms with E-state index >= 15 is 0 Å². The Hall–Kier alpha value is -0.730. The van der Waals surface area contributed by atoms with E-state index in [4.69, 9.17) is 4.74 Å². The number of thioether (sulfide) groups is 1. The Kier molecular flexibility index (Phi) is 4.30. The first kappa shape index (κ1) is 12.7. The molecule has 0 atom stereocenters. The molecular formula is C9H8BrN3O2S2. The van der Waals surface area contributed by atoms with Gasteiger partial charge in [-0.3, -0.25) is 4.79 Å². The van der Waals surface area contributed by atoms with Crippen LogP contribution in [0.2, 0.25) is 0 Å². The van der Waals surface area contributed by atoms with Crippen molar-refractivity contribution < 1.29 is 9.53 Å². The van der Waals surface area contributed by atoms with Crippen molar-refractivity contribution in [2.45, 2.75) is 11.9 Å². The van der Waals surface area contributed by atoms with Gasteiger partial charge in [-0.2, -0.15) is 0 Å². The zero-order valence-electron chi connectivity index (χ0n) is 8.84. The van der Waals surface area contributed by atoms with Gasteiger partial charge in [-0.1, -0.05) is 11.3 Å². The number of fused-ring (bicyclic) bond motifs is 1. The number of ether oxygens (including phenoxy) is 1. The van der Waals surface area contributed by atoms with Gasteiger partial charge in [-0.25, -0.2) is 15.0 Å². The largest absolute Gasteiger partial charge is 0.465 e. The topological polar surface area (TPSA) is 65.0 Å². The van der Waals surface area contributed by atoms with Gasteiger partial charge in [0.25, 0.3) is 0 Å². The predicted octanol–water partition coefficient (Wildman–Crippen LogP) is 2.50. The molecule has 2 rings (SSSR count). The number of carbonyl (C=O) groups excluding carboxylic acids is 1. The molecule has 0 spiro atoms. The summed E-state index contributed by atoms with van der Waals surface area (Å²) in [5.74, 6) is 0.401. The van der Waals surface area contributed by atoms with Crippen LogP contribution in [0.3, 0.4) is 0 Å². The number of esters is 1. The van der Waals surface area contributed by atoms with E-state index in [0.717, 1.165) is 13.8 Å². The molecule has 0 unspecified atom stereocenters. The van der Waals surface area contributed by atoms with Crippen LogP contribution in [-0.4, -0.2) is 33.3 Å². The van der Waals surface area contributed by atoms with Gasteiger partial charge in [0.05, 0.1) is 6.20 Å². The Labute approximate surface area is 114 Å². The van der Waals surface area contributed by atoms with Gasteiger partial charge in [0, 0.05) is 12.7 Å². The van der Waals surface area contributed by atoms with Crippen molar-refractivity contribution in [3.05, 3.63) is 10.1 Å². The second-order valence-electron chi connectivity index (χ2n) is 2.99. The number of halogens is 1. The minimum Gasteiger partial charge on any atom is -0.465 e. The van der Waals surface area contributed by atoms with Gasteiger partial charge < -0.3 is 4.74 Å². The summed E-state index contributed by atoms with van der Waals surface area (Å²) in [5, 5.41) is 0.806. The van der Waals surface area contributed by atoms with Crippen LogP contribution in [0.4, 0.5) is 0 Å². The van der Waals surface area contributed by atoms with Gasteiger partial charge in [0.1, 0.15) is 11.6 Å². The van der Waals surface area contributed by atoms with Crippen LogP contribution in [0.25, 0.3) is 10.5 Å². The van der Waals surface area contributed by atoms with Crippen LogP contribution in [-0.2, 0) is 9.53 Å². The van der Waals surface area contributed by atoms with E-state index in [0.29, 0.717) is 18.0 Å². The average molecular weight is 334 g/mol. The molecule has 0 aromatic carbocycles. The average Bonchev–Trinajstić information content (AvgIpc) is 2.63. The zero-order chi connectivity index (χ0) is 12.3. The third-order valence-electron chi connectivity index (χ3n) is 1.71. The van der Waals surface area contributed by atoms with Crippen molar-refractivity contribution in [1.82, 2.24) is 15.0 Å². The molecule has 0 N–H and O–H groups in total. The number of aromatic nitrogens is 3. The van der Waals surface area contributed by atoms with Gasteiger partial charge in [0.15, 0.2) is 14.4 Å². The van der Waals surface area contributed by atoms with Crippen LogP contribution in [0.1, 0.15) is 6.92 Å². The quantitative estimate of drug-likeness (QED) is 0.486. The minimum atomic E-state index is -0.265. The van der Waals surface area contributed by atoms with Gasteiger partial charge in [0.2, 0.25) is 0 Å². The Balaban J connectivity index is 1.96. The molecule has 0 bridgehead atoms. The summed E-state index contributed by atoms with van der Waals surface area (Å²) in [6, 6.07) is 0. The van der Waals surface area contributed by atoms with E-state index in [1.807, 2.05) is 0 Å². The second-order valence-corrected chi connectivity index (χ2v) is 6.36. The van der Waals surface area contributed by atoms with Crippen molar-refractivity contribution in [3.8, 4) is 0 Å². The fourth-order valence-corrected chi connectivity index (χ4v) is 3.05. The van der Waals surface area contributed by atoms with Crippen LogP contribution >= 0.6 is 39.0 Å². The van der Waals surface area contributed by atoms with Crippen molar-refractivity contribution >= 4 is 55.5 Å². The van der Waals surface area contributed by atoms with Crippen molar-refractivity contribution in [2.75, 3.05) is 12.4 Å². The molecule has 2 heterocycles. The van der Waals surface area contributed by atoms with Crippen molar-refractivity contribution in [1.29, 1.82) is 0 Å². The lowest BCUT2D eigenvalue weighted by molar-refractivity contribution is -0.140. The maximum atomic E-state index is 10.6. The smallest absolute Gasteiger partial charge is 0.302 e. The molecule has 90 valence electrons. The lowest BCUT2D eigenvalue weighted by Crippen LogP contribution is -2.02. The zero-order valence-corrected chi connectivity index (χ0v) is 12.1. The second kappa shape index (κ2) is 5.74. The minimum absolute atomic E-state index is 0.265. The standard InChI is InChI=1S/C9H8BrN3O2S2/c1-5(14)15-2-3-16-6-4-11-7-8(12-6)17-9(10)13-7/h4H,2-3H2,1H3. The Morgan fingerprint density at radius 1 is 1.59 bits per heavy atom. The highest BCUT2D eigenvalue weighted by atomic mass is 79.9. The van der Waals surface area contributed by atoms with Crippen LogP contribution in [0, 0.1) is 0 Å². The summed E-state index contributed by atoms with van der Waals surface area (Å²) in [6.07, 6.45) is 1.67. The summed E-state index contributed by atoms with van der Waals surface area (Å²) >= 11 is 6.23. The molecule has 17 heavy (non-hydrogen) atoms. The fourth-order valence-electron chi connectivity index (χ4n) is 1.08. The lowest BCUT2D eigenvalue weighted by atomic mass is 10.7. The maximum absolute atomic E-state index is 10.6. The Bertz CT molecular complexity index is 546. The van der Waals surface area contributed by atoms with Crippen molar-refractivity contribution in [3.63, 3.8) is 0 Å². The summed E-state index contributed by atoms with van der Waals surface area (Å²) in [6.45, 7) is 1.78. The van der Waals surface area contributed by atoms with E-state index in [1.165, 1.54) is 30.0 Å². The van der Waals surface area contributed by atoms with Crippen molar-refractivity contribution in [2.24, 2.45) is 0 Å². The van der Waals surface area contributed by atoms with E-state index in [9.17, 15) is 4.79 Å². The molecule has 0 aliphatic heterocycles. The summed E-state index contributed by atoms with van der Waals surface area (Å²) < 4.78 is 5.60. The molecule has 0 radical (unpaired) electrons. The number of nitrogens with zero attached hydrogens (tertiary/aromatic N) is 3. The summed E-state index contributed by atoms with van der Waals surface area (Å²) in [4.78, 5) is 24.1. The first-order chi connectivity index (χ1) is 8.15. The Morgan fingerprint density at radius 3 is 3.18 bits per heavy atom. The third-order valence-corrected chi connectivity index (χ3v) is 3.97. The number of hydrogen-bond acceptors (Lipinski definition) is 7. The van der Waals surface area contributed by atoms with E-state index in [-0.39, 0.29) is 5.97 Å². The predicted molar refractivity (Wildman–Crippen MR) is 70.3 cm³/mol. The SMILES string of the molecule is CC(=O)OCCSc1cnc2nc(Br)sc2n1. The van der Waals surface area contributed by atoms with Crippen LogP contribution in [0.15, 0.2) is 15.1 Å². The number of carbonyl (C=O) groups is 1. The van der Waals surface area contributed by atoms with E-state index in [2.05, 4.69) is 30.9 Å². The van der Waals surface area contributed by atoms with Gasteiger partial charge >= 0.3 is 5.97 Å². The normalized spacial score (nSPS) is 10.7. The first-order valence-electron chi connectivity index (χ1n) is 4.70. The number of rotatable bonds is 4. The van der Waals surface area contributed by atoms with Gasteiger partial charge in [-0.15, -0.1) is 11.8 Å². The molecular weight excluding hydrogens is 326 g/mol. The maximum Gasteiger partial charge on any atom is 0.302 e. The number of thiazole rings is 1. The molecule has 2 aromatic rings. The molecule has 2 aromatic heterocycles. The molecule has 0 amide bonds. The Morgan fingerprint density at radius 2 is 2.41 bits per heavy atom. The van der Waals surface area contributed by atoms with E-state index < -0.39 is 0 Å². The molecule has 0 saturated heterocycles. The number of hydrogen-bond donors (Lipinski definition) is 0. The highest BCUT2D eigenvalue weighted by Gasteiger charge is 2.06.